The maximum atomic E-state index is 13.4. The monoisotopic (exact) mass is 309 g/mol. The molecule has 1 saturated heterocycles. The summed E-state index contributed by atoms with van der Waals surface area (Å²) >= 11 is 0. The highest BCUT2D eigenvalue weighted by Crippen LogP contribution is 2.18. The van der Waals surface area contributed by atoms with Crippen molar-refractivity contribution in [3.63, 3.8) is 0 Å². The van der Waals surface area contributed by atoms with Crippen LogP contribution in [0, 0.1) is 11.7 Å². The zero-order valence-electron chi connectivity index (χ0n) is 10.6. The average Bonchev–Trinajstić information content (AvgIpc) is 2.32. The maximum absolute atomic E-state index is 13.4. The van der Waals surface area contributed by atoms with Crippen LogP contribution in [0.2, 0.25) is 0 Å². The predicted octanol–water partition coefficient (Wildman–Crippen LogP) is 1.87. The first kappa shape index (κ1) is 18.1. The van der Waals surface area contributed by atoms with Crippen molar-refractivity contribution < 1.29 is 9.18 Å². The molecule has 2 N–H and O–H groups in total. The van der Waals surface area contributed by atoms with Crippen molar-refractivity contribution in [2.45, 2.75) is 19.4 Å². The van der Waals surface area contributed by atoms with Crippen LogP contribution in [0.15, 0.2) is 18.5 Å². The summed E-state index contributed by atoms with van der Waals surface area (Å²) in [6.45, 7) is 3.18. The molecule has 2 atom stereocenters. The van der Waals surface area contributed by atoms with Gasteiger partial charge in [-0.2, -0.15) is 0 Å². The van der Waals surface area contributed by atoms with E-state index >= 15 is 0 Å². The third-order valence-corrected chi connectivity index (χ3v) is 3.26. The minimum atomic E-state index is -0.569. The van der Waals surface area contributed by atoms with Gasteiger partial charge in [0.2, 0.25) is 0 Å². The lowest BCUT2D eigenvalue weighted by atomic mass is 9.94. The molecule has 2 rings (SSSR count). The molecule has 19 heavy (non-hydrogen) atoms. The van der Waals surface area contributed by atoms with Crippen LogP contribution in [0.3, 0.4) is 0 Å². The minimum absolute atomic E-state index is 0. The molecule has 1 aromatic rings. The van der Waals surface area contributed by atoms with Crippen molar-refractivity contribution in [2.24, 2.45) is 11.7 Å². The minimum Gasteiger partial charge on any atom is -0.338 e. The second kappa shape index (κ2) is 7.62. The van der Waals surface area contributed by atoms with E-state index < -0.39 is 5.82 Å². The summed E-state index contributed by atoms with van der Waals surface area (Å²) in [5.74, 6) is -0.596. The molecule has 1 fully saturated rings. The Labute approximate surface area is 124 Å². The van der Waals surface area contributed by atoms with Crippen LogP contribution in [0.4, 0.5) is 4.39 Å². The Morgan fingerprint density at radius 3 is 2.79 bits per heavy atom. The van der Waals surface area contributed by atoms with Gasteiger partial charge in [0.25, 0.3) is 5.91 Å². The van der Waals surface area contributed by atoms with E-state index in [-0.39, 0.29) is 48.2 Å². The fourth-order valence-corrected chi connectivity index (χ4v) is 2.07. The van der Waals surface area contributed by atoms with Gasteiger partial charge in [-0.15, -0.1) is 24.8 Å². The molecule has 0 saturated carbocycles. The number of hydrogen-bond donors (Lipinski definition) is 1. The van der Waals surface area contributed by atoms with Crippen LogP contribution in [0.1, 0.15) is 23.7 Å². The highest BCUT2D eigenvalue weighted by molar-refractivity contribution is 5.94. The topological polar surface area (TPSA) is 59.2 Å². The van der Waals surface area contributed by atoms with Crippen LogP contribution in [0.25, 0.3) is 0 Å². The lowest BCUT2D eigenvalue weighted by Crippen LogP contribution is -2.48. The highest BCUT2D eigenvalue weighted by atomic mass is 35.5. The Morgan fingerprint density at radius 1 is 1.53 bits per heavy atom. The van der Waals surface area contributed by atoms with Gasteiger partial charge in [0.05, 0.1) is 11.8 Å². The second-order valence-electron chi connectivity index (χ2n) is 4.54. The van der Waals surface area contributed by atoms with E-state index in [1.807, 2.05) is 6.92 Å². The first-order valence-corrected chi connectivity index (χ1v) is 5.74. The summed E-state index contributed by atoms with van der Waals surface area (Å²) in [6.07, 6.45) is 3.25. The van der Waals surface area contributed by atoms with Crippen molar-refractivity contribution in [2.75, 3.05) is 13.1 Å². The molecular formula is C12H18Cl2FN3O. The van der Waals surface area contributed by atoms with E-state index in [2.05, 4.69) is 4.98 Å². The van der Waals surface area contributed by atoms with E-state index in [1.54, 1.807) is 4.90 Å². The van der Waals surface area contributed by atoms with E-state index in [4.69, 9.17) is 5.73 Å². The summed E-state index contributed by atoms with van der Waals surface area (Å²) in [7, 11) is 0. The van der Waals surface area contributed by atoms with E-state index in [9.17, 15) is 9.18 Å². The van der Waals surface area contributed by atoms with Crippen molar-refractivity contribution in [1.29, 1.82) is 0 Å². The molecule has 1 aliphatic heterocycles. The number of halogens is 3. The molecule has 0 spiro atoms. The lowest BCUT2D eigenvalue weighted by Gasteiger charge is -2.35. The summed E-state index contributed by atoms with van der Waals surface area (Å²) in [4.78, 5) is 17.4. The van der Waals surface area contributed by atoms with Gasteiger partial charge in [-0.25, -0.2) is 4.39 Å². The number of piperidine rings is 1. The molecule has 1 aromatic heterocycles. The Hall–Kier alpha value is -0.910. The van der Waals surface area contributed by atoms with Crippen LogP contribution < -0.4 is 5.73 Å². The average molecular weight is 310 g/mol. The second-order valence-corrected chi connectivity index (χ2v) is 4.54. The molecule has 2 unspecified atom stereocenters. The molecule has 0 aliphatic carbocycles. The van der Waals surface area contributed by atoms with Gasteiger partial charge in [0.1, 0.15) is 0 Å². The number of amides is 1. The highest BCUT2D eigenvalue weighted by Gasteiger charge is 2.27. The first-order valence-electron chi connectivity index (χ1n) is 5.74. The summed E-state index contributed by atoms with van der Waals surface area (Å²) < 4.78 is 13.4. The molecule has 0 radical (unpaired) electrons. The Bertz CT molecular complexity index is 433. The fourth-order valence-electron chi connectivity index (χ4n) is 2.07. The van der Waals surface area contributed by atoms with Crippen molar-refractivity contribution in [1.82, 2.24) is 9.88 Å². The molecule has 7 heteroatoms. The van der Waals surface area contributed by atoms with Gasteiger partial charge in [-0.1, -0.05) is 6.92 Å². The predicted molar refractivity (Wildman–Crippen MR) is 76.4 cm³/mol. The molecule has 0 bridgehead atoms. The van der Waals surface area contributed by atoms with Crippen LogP contribution >= 0.6 is 24.8 Å². The number of carbonyl (C=O) groups is 1. The Morgan fingerprint density at radius 2 is 2.21 bits per heavy atom. The maximum Gasteiger partial charge on any atom is 0.256 e. The molecular weight excluding hydrogens is 292 g/mol. The Balaban J connectivity index is 0.00000162. The number of rotatable bonds is 1. The number of aromatic nitrogens is 1. The molecule has 2 heterocycles. The third kappa shape index (κ3) is 4.03. The number of carbonyl (C=O) groups excluding carboxylic acids is 1. The van der Waals surface area contributed by atoms with E-state index in [0.29, 0.717) is 13.1 Å². The molecule has 1 amide bonds. The third-order valence-electron chi connectivity index (χ3n) is 3.26. The summed E-state index contributed by atoms with van der Waals surface area (Å²) in [5, 5.41) is 0. The quantitative estimate of drug-likeness (QED) is 0.861. The SMILES string of the molecule is CC1CN(C(=O)c2ccncc2F)CCC1N.Cl.Cl. The van der Waals surface area contributed by atoms with Gasteiger partial charge in [-0.3, -0.25) is 9.78 Å². The number of pyridine rings is 1. The standard InChI is InChI=1S/C12H16FN3O.2ClH/c1-8-7-16(5-3-11(8)14)12(17)9-2-4-15-6-10(9)13;;/h2,4,6,8,11H,3,5,7,14H2,1H3;2*1H. The summed E-state index contributed by atoms with van der Waals surface area (Å²) in [5.41, 5.74) is 5.97. The van der Waals surface area contributed by atoms with Gasteiger partial charge in [0.15, 0.2) is 5.82 Å². The smallest absolute Gasteiger partial charge is 0.256 e. The van der Waals surface area contributed by atoms with Crippen molar-refractivity contribution in [3.8, 4) is 0 Å². The molecule has 108 valence electrons. The normalized spacial score (nSPS) is 22.2. The zero-order chi connectivity index (χ0) is 12.4. The van der Waals surface area contributed by atoms with Gasteiger partial charge in [0, 0.05) is 25.3 Å². The van der Waals surface area contributed by atoms with Gasteiger partial charge < -0.3 is 10.6 Å². The Kier molecular flexibility index (Phi) is 7.26. The summed E-state index contributed by atoms with van der Waals surface area (Å²) in [6, 6.07) is 1.54. The largest absolute Gasteiger partial charge is 0.338 e. The number of nitrogens with zero attached hydrogens (tertiary/aromatic N) is 2. The van der Waals surface area contributed by atoms with Crippen molar-refractivity contribution >= 4 is 30.7 Å². The molecule has 4 nitrogen and oxygen atoms in total. The van der Waals surface area contributed by atoms with E-state index in [1.165, 1.54) is 12.3 Å². The lowest BCUT2D eigenvalue weighted by molar-refractivity contribution is 0.0659. The molecule has 1 aliphatic rings. The van der Waals surface area contributed by atoms with Crippen molar-refractivity contribution in [3.05, 3.63) is 29.8 Å². The number of hydrogen-bond acceptors (Lipinski definition) is 3. The van der Waals surface area contributed by atoms with Crippen LogP contribution in [-0.2, 0) is 0 Å². The van der Waals surface area contributed by atoms with Crippen LogP contribution in [0.5, 0.6) is 0 Å². The van der Waals surface area contributed by atoms with Gasteiger partial charge in [-0.05, 0) is 18.4 Å². The first-order chi connectivity index (χ1) is 8.09. The van der Waals surface area contributed by atoms with Crippen LogP contribution in [-0.4, -0.2) is 34.9 Å². The zero-order valence-corrected chi connectivity index (χ0v) is 12.2. The number of nitrogens with two attached hydrogens (primary N) is 1. The number of likely N-dealkylation sites (tertiary alicyclic amines) is 1. The fraction of sp³-hybridized carbons (Fsp3) is 0.500. The van der Waals surface area contributed by atoms with Gasteiger partial charge >= 0.3 is 0 Å². The van der Waals surface area contributed by atoms with E-state index in [0.717, 1.165) is 12.6 Å². The molecule has 0 aromatic carbocycles.